The number of aliphatic hydroxyl groups is 1. The van der Waals surface area contributed by atoms with E-state index in [9.17, 15) is 5.11 Å². The van der Waals surface area contributed by atoms with Crippen LogP contribution < -0.4 is 0 Å². The van der Waals surface area contributed by atoms with Crippen LogP contribution in [0, 0.1) is 6.92 Å². The Morgan fingerprint density at radius 3 is 2.52 bits per heavy atom. The number of fused-ring (bicyclic) bond motifs is 1. The van der Waals surface area contributed by atoms with E-state index in [2.05, 4.69) is 55.4 Å². The highest BCUT2D eigenvalue weighted by Crippen LogP contribution is 2.27. The molecule has 0 bridgehead atoms. The summed E-state index contributed by atoms with van der Waals surface area (Å²) in [5.74, 6) is 1.08. The molecule has 1 atom stereocenters. The van der Waals surface area contributed by atoms with Crippen LogP contribution in [0.25, 0.3) is 11.0 Å². The molecule has 2 aromatic rings. The lowest BCUT2D eigenvalue weighted by Crippen LogP contribution is -2.30. The molecule has 2 rings (SSSR count). The highest BCUT2D eigenvalue weighted by molar-refractivity contribution is 5.77. The second kappa shape index (κ2) is 7.05. The van der Waals surface area contributed by atoms with Crippen molar-refractivity contribution in [2.75, 3.05) is 19.7 Å². The minimum atomic E-state index is 0.140. The molecule has 1 N–H and O–H groups in total. The van der Waals surface area contributed by atoms with Gasteiger partial charge in [-0.2, -0.15) is 0 Å². The van der Waals surface area contributed by atoms with E-state index >= 15 is 0 Å². The number of rotatable bonds is 7. The molecule has 0 saturated carbocycles. The maximum atomic E-state index is 9.42. The number of hydrogen-bond donors (Lipinski definition) is 1. The molecule has 0 spiro atoms. The molecule has 1 aromatic carbocycles. The molecule has 0 amide bonds. The van der Waals surface area contributed by atoms with E-state index < -0.39 is 0 Å². The summed E-state index contributed by atoms with van der Waals surface area (Å²) in [6.07, 6.45) is 1.02. The van der Waals surface area contributed by atoms with Gasteiger partial charge in [-0.15, -0.1) is 0 Å². The van der Waals surface area contributed by atoms with Crippen LogP contribution in [-0.4, -0.2) is 39.3 Å². The van der Waals surface area contributed by atoms with Gasteiger partial charge >= 0.3 is 0 Å². The highest BCUT2D eigenvalue weighted by Gasteiger charge is 2.23. The standard InChI is InChI=1S/C17H27N3O/c1-5-15(19(6-2)7-3)17-18-14-12-13(4)8-9-16(14)20(17)10-11-21/h8-9,12,15,21H,5-7,10-11H2,1-4H3. The Labute approximate surface area is 127 Å². The van der Waals surface area contributed by atoms with Gasteiger partial charge in [0.2, 0.25) is 0 Å². The van der Waals surface area contributed by atoms with E-state index in [0.717, 1.165) is 36.4 Å². The lowest BCUT2D eigenvalue weighted by Gasteiger charge is -2.28. The smallest absolute Gasteiger partial charge is 0.127 e. The van der Waals surface area contributed by atoms with Crippen LogP contribution in [0.4, 0.5) is 0 Å². The van der Waals surface area contributed by atoms with Crippen LogP contribution in [0.5, 0.6) is 0 Å². The van der Waals surface area contributed by atoms with Crippen molar-refractivity contribution >= 4 is 11.0 Å². The maximum absolute atomic E-state index is 9.42. The van der Waals surface area contributed by atoms with Crippen LogP contribution in [0.3, 0.4) is 0 Å². The highest BCUT2D eigenvalue weighted by atomic mass is 16.3. The Hall–Kier alpha value is -1.39. The van der Waals surface area contributed by atoms with Gasteiger partial charge in [0.15, 0.2) is 0 Å². The summed E-state index contributed by atoms with van der Waals surface area (Å²) in [6.45, 7) is 11.4. The number of benzene rings is 1. The SMILES string of the molecule is CCC(c1nc2cc(C)ccc2n1CCO)N(CC)CC. The van der Waals surface area contributed by atoms with Crippen LogP contribution in [0.15, 0.2) is 18.2 Å². The molecule has 116 valence electrons. The molecular weight excluding hydrogens is 262 g/mol. The van der Waals surface area contributed by atoms with Gasteiger partial charge < -0.3 is 9.67 Å². The van der Waals surface area contributed by atoms with Crippen molar-refractivity contribution in [3.63, 3.8) is 0 Å². The van der Waals surface area contributed by atoms with Gasteiger partial charge in [-0.25, -0.2) is 4.98 Å². The Morgan fingerprint density at radius 1 is 1.24 bits per heavy atom. The predicted molar refractivity (Wildman–Crippen MR) is 87.5 cm³/mol. The lowest BCUT2D eigenvalue weighted by atomic mass is 10.1. The molecule has 0 aliphatic heterocycles. The van der Waals surface area contributed by atoms with Gasteiger partial charge in [-0.05, 0) is 44.1 Å². The molecule has 1 heterocycles. The molecule has 1 aromatic heterocycles. The second-order valence-electron chi connectivity index (χ2n) is 5.48. The quantitative estimate of drug-likeness (QED) is 0.851. The fraction of sp³-hybridized carbons (Fsp3) is 0.588. The first kappa shape index (κ1) is 16.0. The average molecular weight is 289 g/mol. The summed E-state index contributed by atoms with van der Waals surface area (Å²) in [4.78, 5) is 7.32. The first-order valence-corrected chi connectivity index (χ1v) is 7.97. The van der Waals surface area contributed by atoms with Gasteiger partial charge in [-0.3, -0.25) is 4.90 Å². The summed E-state index contributed by atoms with van der Waals surface area (Å²) in [5, 5.41) is 9.42. The van der Waals surface area contributed by atoms with Gasteiger partial charge in [0, 0.05) is 6.54 Å². The Balaban J connectivity index is 2.57. The van der Waals surface area contributed by atoms with E-state index in [1.165, 1.54) is 5.56 Å². The number of imidazole rings is 1. The normalized spacial score (nSPS) is 13.2. The van der Waals surface area contributed by atoms with E-state index in [1.54, 1.807) is 0 Å². The molecule has 0 aliphatic carbocycles. The van der Waals surface area contributed by atoms with Crippen molar-refractivity contribution < 1.29 is 5.11 Å². The molecule has 0 saturated heterocycles. The summed E-state index contributed by atoms with van der Waals surface area (Å²) in [5.41, 5.74) is 3.37. The van der Waals surface area contributed by atoms with Crippen molar-refractivity contribution in [2.24, 2.45) is 0 Å². The first-order chi connectivity index (χ1) is 10.2. The van der Waals surface area contributed by atoms with Crippen molar-refractivity contribution in [1.82, 2.24) is 14.5 Å². The van der Waals surface area contributed by atoms with Crippen LogP contribution >= 0.6 is 0 Å². The molecule has 0 fully saturated rings. The van der Waals surface area contributed by atoms with Gasteiger partial charge in [0.25, 0.3) is 0 Å². The van der Waals surface area contributed by atoms with Gasteiger partial charge in [0.1, 0.15) is 5.82 Å². The molecule has 21 heavy (non-hydrogen) atoms. The maximum Gasteiger partial charge on any atom is 0.127 e. The molecule has 4 heteroatoms. The molecule has 1 unspecified atom stereocenters. The van der Waals surface area contributed by atoms with E-state index in [1.807, 2.05) is 0 Å². The first-order valence-electron chi connectivity index (χ1n) is 7.97. The number of nitrogens with zero attached hydrogens (tertiary/aromatic N) is 3. The zero-order valence-electron chi connectivity index (χ0n) is 13.6. The summed E-state index contributed by atoms with van der Waals surface area (Å²) in [6, 6.07) is 6.66. The molecule has 4 nitrogen and oxygen atoms in total. The number of aliphatic hydroxyl groups excluding tert-OH is 1. The van der Waals surface area contributed by atoms with Crippen LogP contribution in [-0.2, 0) is 6.54 Å². The second-order valence-corrected chi connectivity index (χ2v) is 5.48. The van der Waals surface area contributed by atoms with E-state index in [-0.39, 0.29) is 6.61 Å². The Morgan fingerprint density at radius 2 is 1.95 bits per heavy atom. The van der Waals surface area contributed by atoms with Crippen molar-refractivity contribution in [1.29, 1.82) is 0 Å². The average Bonchev–Trinajstić information content (AvgIpc) is 2.82. The third kappa shape index (κ3) is 3.11. The van der Waals surface area contributed by atoms with Crippen LogP contribution in [0.1, 0.15) is 44.6 Å². The third-order valence-corrected chi connectivity index (χ3v) is 4.19. The number of aryl methyl sites for hydroxylation is 1. The van der Waals surface area contributed by atoms with Gasteiger partial charge in [0.05, 0.1) is 23.7 Å². The Bertz CT molecular complexity index is 587. The number of hydrogen-bond acceptors (Lipinski definition) is 3. The fourth-order valence-corrected chi connectivity index (χ4v) is 3.12. The van der Waals surface area contributed by atoms with Crippen molar-refractivity contribution in [3.05, 3.63) is 29.6 Å². The summed E-state index contributed by atoms with van der Waals surface area (Å²) in [7, 11) is 0. The zero-order chi connectivity index (χ0) is 15.4. The molecular formula is C17H27N3O. The molecule has 0 radical (unpaired) electrons. The summed E-state index contributed by atoms with van der Waals surface area (Å²) < 4.78 is 2.18. The van der Waals surface area contributed by atoms with Crippen LogP contribution in [0.2, 0.25) is 0 Å². The predicted octanol–water partition coefficient (Wildman–Crippen LogP) is 3.13. The van der Waals surface area contributed by atoms with E-state index in [0.29, 0.717) is 12.6 Å². The largest absolute Gasteiger partial charge is 0.395 e. The monoisotopic (exact) mass is 289 g/mol. The topological polar surface area (TPSA) is 41.3 Å². The number of aromatic nitrogens is 2. The van der Waals surface area contributed by atoms with Gasteiger partial charge in [-0.1, -0.05) is 26.8 Å². The minimum absolute atomic E-state index is 0.140. The summed E-state index contributed by atoms with van der Waals surface area (Å²) >= 11 is 0. The lowest BCUT2D eigenvalue weighted by molar-refractivity contribution is 0.196. The van der Waals surface area contributed by atoms with E-state index in [4.69, 9.17) is 4.98 Å². The molecule has 0 aliphatic rings. The zero-order valence-corrected chi connectivity index (χ0v) is 13.6. The minimum Gasteiger partial charge on any atom is -0.395 e. The Kier molecular flexibility index (Phi) is 5.37. The third-order valence-electron chi connectivity index (χ3n) is 4.19. The van der Waals surface area contributed by atoms with Crippen molar-refractivity contribution in [2.45, 2.75) is 46.7 Å². The van der Waals surface area contributed by atoms with Crippen molar-refractivity contribution in [3.8, 4) is 0 Å². The fourth-order valence-electron chi connectivity index (χ4n) is 3.12.